The molecule has 0 spiro atoms. The largest absolute Gasteiger partial charge is 0.390 e. The van der Waals surface area contributed by atoms with Crippen LogP contribution >= 0.6 is 0 Å². The van der Waals surface area contributed by atoms with Gasteiger partial charge in [-0.05, 0) is 64.7 Å². The lowest BCUT2D eigenvalue weighted by Gasteiger charge is -2.19. The van der Waals surface area contributed by atoms with Gasteiger partial charge in [0.15, 0.2) is 0 Å². The molecule has 5 heteroatoms. The Hall–Kier alpha value is -0.910. The van der Waals surface area contributed by atoms with E-state index in [0.717, 1.165) is 12.0 Å². The molecule has 0 radical (unpaired) electrons. The predicted molar refractivity (Wildman–Crippen MR) is 81.1 cm³/mol. The fraction of sp³-hybridized carbons (Fsp3) is 0.600. The molecule has 0 saturated carbocycles. The van der Waals surface area contributed by atoms with Gasteiger partial charge in [-0.2, -0.15) is 0 Å². The molecule has 20 heavy (non-hydrogen) atoms. The minimum absolute atomic E-state index is 0.150. The monoisotopic (exact) mass is 299 g/mol. The van der Waals surface area contributed by atoms with E-state index >= 15 is 0 Å². The maximum absolute atomic E-state index is 12.2. The average molecular weight is 299 g/mol. The van der Waals surface area contributed by atoms with Gasteiger partial charge in [-0.1, -0.05) is 12.1 Å². The molecular weight excluding hydrogens is 274 g/mol. The lowest BCUT2D eigenvalue weighted by atomic mass is 10.00. The summed E-state index contributed by atoms with van der Waals surface area (Å²) in [6.07, 6.45) is 2.14. The van der Waals surface area contributed by atoms with E-state index in [1.165, 1.54) is 0 Å². The summed E-state index contributed by atoms with van der Waals surface area (Å²) < 4.78 is 27.1. The molecule has 0 saturated heterocycles. The van der Waals surface area contributed by atoms with Crippen LogP contribution in [0.2, 0.25) is 0 Å². The highest BCUT2D eigenvalue weighted by molar-refractivity contribution is 7.89. The van der Waals surface area contributed by atoms with Crippen molar-refractivity contribution in [2.75, 3.05) is 0 Å². The van der Waals surface area contributed by atoms with Gasteiger partial charge in [-0.25, -0.2) is 13.1 Å². The molecule has 0 fully saturated rings. The summed E-state index contributed by atoms with van der Waals surface area (Å²) in [7, 11) is -3.46. The van der Waals surface area contributed by atoms with Crippen LogP contribution in [0.15, 0.2) is 29.2 Å². The topological polar surface area (TPSA) is 66.4 Å². The van der Waals surface area contributed by atoms with Crippen molar-refractivity contribution in [3.63, 3.8) is 0 Å². The summed E-state index contributed by atoms with van der Waals surface area (Å²) >= 11 is 0. The second-order valence-electron chi connectivity index (χ2n) is 6.04. The van der Waals surface area contributed by atoms with Crippen molar-refractivity contribution in [1.29, 1.82) is 0 Å². The average Bonchev–Trinajstić information content (AvgIpc) is 2.26. The first kappa shape index (κ1) is 17.1. The smallest absolute Gasteiger partial charge is 0.240 e. The maximum Gasteiger partial charge on any atom is 0.240 e. The fourth-order valence-electron chi connectivity index (χ4n) is 2.02. The van der Waals surface area contributed by atoms with E-state index in [1.54, 1.807) is 32.0 Å². The number of rotatable bonds is 7. The van der Waals surface area contributed by atoms with E-state index in [-0.39, 0.29) is 6.04 Å². The molecule has 4 nitrogen and oxygen atoms in total. The molecule has 0 aliphatic rings. The van der Waals surface area contributed by atoms with Crippen molar-refractivity contribution in [3.05, 3.63) is 29.8 Å². The third-order valence-electron chi connectivity index (χ3n) is 3.08. The molecule has 114 valence electrons. The predicted octanol–water partition coefficient (Wildman–Crippen LogP) is 2.60. The summed E-state index contributed by atoms with van der Waals surface area (Å²) in [6.45, 7) is 7.23. The third kappa shape index (κ3) is 6.03. The van der Waals surface area contributed by atoms with Crippen LogP contribution in [0, 0.1) is 6.92 Å². The number of aryl methyl sites for hydroxylation is 1. The third-order valence-corrected chi connectivity index (χ3v) is 4.67. The van der Waals surface area contributed by atoms with E-state index < -0.39 is 15.6 Å². The molecule has 1 aromatic carbocycles. The van der Waals surface area contributed by atoms with Crippen molar-refractivity contribution in [2.24, 2.45) is 0 Å². The number of sulfonamides is 1. The van der Waals surface area contributed by atoms with Crippen molar-refractivity contribution < 1.29 is 13.5 Å². The van der Waals surface area contributed by atoms with Gasteiger partial charge >= 0.3 is 0 Å². The van der Waals surface area contributed by atoms with Gasteiger partial charge in [-0.3, -0.25) is 0 Å². The van der Waals surface area contributed by atoms with Crippen LogP contribution in [0.1, 0.15) is 45.6 Å². The minimum atomic E-state index is -3.46. The molecule has 0 aliphatic heterocycles. The zero-order valence-electron chi connectivity index (χ0n) is 12.7. The Morgan fingerprint density at radius 3 is 2.55 bits per heavy atom. The van der Waals surface area contributed by atoms with Gasteiger partial charge in [0, 0.05) is 6.04 Å². The van der Waals surface area contributed by atoms with Gasteiger partial charge in [0.1, 0.15) is 0 Å². The second-order valence-corrected chi connectivity index (χ2v) is 7.76. The van der Waals surface area contributed by atoms with Crippen molar-refractivity contribution >= 4 is 10.0 Å². The summed E-state index contributed by atoms with van der Waals surface area (Å²) in [5, 5.41) is 9.63. The summed E-state index contributed by atoms with van der Waals surface area (Å²) in [4.78, 5) is 0.298. The quantitative estimate of drug-likeness (QED) is 0.813. The highest BCUT2D eigenvalue weighted by Crippen LogP contribution is 2.15. The molecular formula is C15H25NO3S. The van der Waals surface area contributed by atoms with Crippen LogP contribution in [-0.2, 0) is 10.0 Å². The second kappa shape index (κ2) is 6.70. The number of nitrogens with one attached hydrogen (secondary N) is 1. The SMILES string of the molecule is Cc1cccc(S(=O)(=O)NC(C)CCCC(C)(C)O)c1. The lowest BCUT2D eigenvalue weighted by molar-refractivity contribution is 0.0677. The standard InChI is InChI=1S/C15H25NO3S/c1-12-7-5-9-14(11-12)20(18,19)16-13(2)8-6-10-15(3,4)17/h5,7,9,11,13,16-17H,6,8,10H2,1-4H3. The van der Waals surface area contributed by atoms with Crippen LogP contribution < -0.4 is 4.72 Å². The molecule has 2 N–H and O–H groups in total. The normalized spacial score (nSPS) is 14.2. The molecule has 1 atom stereocenters. The Bertz CT molecular complexity index is 532. The molecule has 1 aromatic rings. The maximum atomic E-state index is 12.2. The van der Waals surface area contributed by atoms with Gasteiger partial charge < -0.3 is 5.11 Å². The molecule has 1 rings (SSSR count). The van der Waals surface area contributed by atoms with Crippen LogP contribution in [0.4, 0.5) is 0 Å². The summed E-state index contributed by atoms with van der Waals surface area (Å²) in [5.74, 6) is 0. The van der Waals surface area contributed by atoms with Crippen molar-refractivity contribution in [2.45, 2.75) is 63.5 Å². The first-order valence-corrected chi connectivity index (χ1v) is 8.40. The van der Waals surface area contributed by atoms with Crippen LogP contribution in [0.3, 0.4) is 0 Å². The van der Waals surface area contributed by atoms with E-state index in [1.807, 2.05) is 19.9 Å². The molecule has 1 unspecified atom stereocenters. The van der Waals surface area contributed by atoms with Crippen LogP contribution in [0.5, 0.6) is 0 Å². The van der Waals surface area contributed by atoms with Crippen molar-refractivity contribution in [3.8, 4) is 0 Å². The van der Waals surface area contributed by atoms with Crippen molar-refractivity contribution in [1.82, 2.24) is 4.72 Å². The van der Waals surface area contributed by atoms with Gasteiger partial charge in [0.2, 0.25) is 10.0 Å². The highest BCUT2D eigenvalue weighted by Gasteiger charge is 2.18. The van der Waals surface area contributed by atoms with Gasteiger partial charge in [-0.15, -0.1) is 0 Å². The zero-order chi connectivity index (χ0) is 15.4. The molecule has 0 amide bonds. The molecule has 0 aromatic heterocycles. The van der Waals surface area contributed by atoms with E-state index in [0.29, 0.717) is 17.7 Å². The molecule has 0 heterocycles. The van der Waals surface area contributed by atoms with Crippen LogP contribution in [0.25, 0.3) is 0 Å². The van der Waals surface area contributed by atoms with Gasteiger partial charge in [0.05, 0.1) is 10.5 Å². The first-order chi connectivity index (χ1) is 9.10. The number of benzene rings is 1. The highest BCUT2D eigenvalue weighted by atomic mass is 32.2. The first-order valence-electron chi connectivity index (χ1n) is 6.91. The van der Waals surface area contributed by atoms with E-state index in [4.69, 9.17) is 0 Å². The molecule has 0 aliphatic carbocycles. The lowest BCUT2D eigenvalue weighted by Crippen LogP contribution is -2.33. The number of hydrogen-bond acceptors (Lipinski definition) is 3. The van der Waals surface area contributed by atoms with E-state index in [9.17, 15) is 13.5 Å². The Morgan fingerprint density at radius 2 is 2.00 bits per heavy atom. The zero-order valence-corrected chi connectivity index (χ0v) is 13.5. The van der Waals surface area contributed by atoms with E-state index in [2.05, 4.69) is 4.72 Å². The summed E-state index contributed by atoms with van der Waals surface area (Å²) in [5.41, 5.74) is 0.220. The Kier molecular flexibility index (Phi) is 5.74. The Morgan fingerprint density at radius 1 is 1.35 bits per heavy atom. The Labute approximate surface area is 122 Å². The number of hydrogen-bond donors (Lipinski definition) is 2. The molecule has 0 bridgehead atoms. The fourth-order valence-corrected chi connectivity index (χ4v) is 3.40. The van der Waals surface area contributed by atoms with Crippen LogP contribution in [-0.4, -0.2) is 25.2 Å². The summed E-state index contributed by atoms with van der Waals surface area (Å²) in [6, 6.07) is 6.71. The van der Waals surface area contributed by atoms with Gasteiger partial charge in [0.25, 0.3) is 0 Å². The number of aliphatic hydroxyl groups is 1. The Balaban J connectivity index is 2.58. The minimum Gasteiger partial charge on any atom is -0.390 e.